The van der Waals surface area contributed by atoms with Crippen LogP contribution in [0.15, 0.2) is 0 Å². The minimum absolute atomic E-state index is 0.104. The maximum Gasteiger partial charge on any atom is 0.327 e. The van der Waals surface area contributed by atoms with Gasteiger partial charge in [-0.15, -0.1) is 0 Å². The van der Waals surface area contributed by atoms with Crippen molar-refractivity contribution in [2.75, 3.05) is 46.9 Å². The zero-order chi connectivity index (χ0) is 16.1. The van der Waals surface area contributed by atoms with Crippen LogP contribution in [0.1, 0.15) is 32.1 Å². The van der Waals surface area contributed by atoms with Crippen molar-refractivity contribution in [3.63, 3.8) is 0 Å². The second-order valence-electron chi connectivity index (χ2n) is 5.77. The Hall–Kier alpha value is -0.300. The Morgan fingerprint density at radius 3 is 2.52 bits per heavy atom. The van der Waals surface area contributed by atoms with E-state index in [0.717, 1.165) is 36.7 Å². The van der Waals surface area contributed by atoms with Crippen molar-refractivity contribution in [3.05, 3.63) is 0 Å². The Bertz CT molecular complexity index is 278. The van der Waals surface area contributed by atoms with E-state index in [1.165, 1.54) is 0 Å². The van der Waals surface area contributed by atoms with Gasteiger partial charge in [-0.3, -0.25) is 4.79 Å². The zero-order valence-electron chi connectivity index (χ0n) is 13.3. The number of carbonyl (C=O) groups is 1. The largest absolute Gasteiger partial charge is 0.356 e. The number of hydrogen-bond donors (Lipinski definition) is 4. The van der Waals surface area contributed by atoms with Gasteiger partial charge in [-0.2, -0.15) is 0 Å². The van der Waals surface area contributed by atoms with E-state index in [4.69, 9.17) is 20.0 Å². The first-order valence-corrected chi connectivity index (χ1v) is 8.63. The molecule has 5 N–H and O–H groups in total. The molecule has 0 aliphatic heterocycles. The van der Waals surface area contributed by atoms with Gasteiger partial charge in [-0.25, -0.2) is 0 Å². The van der Waals surface area contributed by atoms with E-state index in [1.54, 1.807) is 0 Å². The van der Waals surface area contributed by atoms with Gasteiger partial charge in [0.2, 0.25) is 5.91 Å². The van der Waals surface area contributed by atoms with Crippen LogP contribution in [0.25, 0.3) is 0 Å². The molecule has 8 heteroatoms. The van der Waals surface area contributed by atoms with Gasteiger partial charge in [0, 0.05) is 19.4 Å². The van der Waals surface area contributed by atoms with Crippen LogP contribution < -0.4 is 11.1 Å². The molecule has 0 saturated heterocycles. The predicted molar refractivity (Wildman–Crippen MR) is 84.3 cm³/mol. The van der Waals surface area contributed by atoms with Crippen molar-refractivity contribution in [1.29, 1.82) is 0 Å². The lowest BCUT2D eigenvalue weighted by Crippen LogP contribution is -2.44. The summed E-state index contributed by atoms with van der Waals surface area (Å²) in [6.07, 6.45) is 4.33. The molecule has 0 aliphatic rings. The first-order chi connectivity index (χ1) is 9.87. The quantitative estimate of drug-likeness (QED) is 0.222. The molecule has 7 nitrogen and oxygen atoms in total. The lowest BCUT2D eigenvalue weighted by atomic mass is 10.2. The highest BCUT2D eigenvalue weighted by molar-refractivity contribution is 7.39. The molecule has 0 unspecified atom stereocenters. The van der Waals surface area contributed by atoms with E-state index in [9.17, 15) is 4.79 Å². The van der Waals surface area contributed by atoms with Crippen LogP contribution in [-0.2, 0) is 9.32 Å². The molecule has 0 aromatic heterocycles. The van der Waals surface area contributed by atoms with E-state index in [0.29, 0.717) is 32.7 Å². The molecule has 0 spiro atoms. The fourth-order valence-electron chi connectivity index (χ4n) is 1.91. The molecular weight excluding hydrogens is 293 g/mol. The predicted octanol–water partition coefficient (Wildman–Crippen LogP) is 0.316. The zero-order valence-corrected chi connectivity index (χ0v) is 14.1. The Kier molecular flexibility index (Phi) is 12.1. The summed E-state index contributed by atoms with van der Waals surface area (Å²) in [7, 11) is 1.84. The number of unbranched alkanes of at least 4 members (excludes halogenated alkanes) is 2. The van der Waals surface area contributed by atoms with Crippen molar-refractivity contribution in [1.82, 2.24) is 5.32 Å². The number of nitrogens with one attached hydrogen (secondary N) is 1. The van der Waals surface area contributed by atoms with Crippen LogP contribution in [0, 0.1) is 0 Å². The Balaban J connectivity index is 3.56. The van der Waals surface area contributed by atoms with E-state index < -0.39 is 8.60 Å². The number of hydrogen-bond acceptors (Lipinski definition) is 5. The third kappa shape index (κ3) is 14.4. The molecule has 0 fully saturated rings. The fraction of sp³-hybridized carbons (Fsp3) is 0.923. The Morgan fingerprint density at radius 2 is 1.90 bits per heavy atom. The molecular formula is C13H31N3O4P+. The average Bonchev–Trinajstić information content (AvgIpc) is 2.39. The van der Waals surface area contributed by atoms with Gasteiger partial charge < -0.3 is 29.8 Å². The minimum Gasteiger partial charge on any atom is -0.356 e. The number of amides is 1. The monoisotopic (exact) mass is 324 g/mol. The van der Waals surface area contributed by atoms with E-state index in [-0.39, 0.29) is 5.91 Å². The van der Waals surface area contributed by atoms with Gasteiger partial charge >= 0.3 is 8.60 Å². The van der Waals surface area contributed by atoms with Crippen molar-refractivity contribution in [2.45, 2.75) is 32.1 Å². The molecule has 0 aliphatic carbocycles. The topological polar surface area (TPSA) is 105 Å². The summed E-state index contributed by atoms with van der Waals surface area (Å²) in [5.74, 6) is 0.104. The smallest absolute Gasteiger partial charge is 0.327 e. The van der Waals surface area contributed by atoms with Crippen LogP contribution in [0.4, 0.5) is 0 Å². The molecule has 0 atom stereocenters. The maximum atomic E-state index is 11.6. The highest BCUT2D eigenvalue weighted by Crippen LogP contribution is 2.23. The van der Waals surface area contributed by atoms with Crippen molar-refractivity contribution >= 4 is 14.5 Å². The molecule has 0 bridgehead atoms. The van der Waals surface area contributed by atoms with Crippen molar-refractivity contribution in [2.24, 2.45) is 5.73 Å². The summed E-state index contributed by atoms with van der Waals surface area (Å²) >= 11 is 0. The molecule has 0 aromatic rings. The number of carbonyl (C=O) groups excluding carboxylic acids is 1. The highest BCUT2D eigenvalue weighted by atomic mass is 31.2. The van der Waals surface area contributed by atoms with E-state index in [1.807, 2.05) is 0 Å². The molecule has 0 heterocycles. The van der Waals surface area contributed by atoms with E-state index >= 15 is 0 Å². The number of nitrogens with two attached hydrogens (primary N) is 1. The summed E-state index contributed by atoms with van der Waals surface area (Å²) in [6, 6.07) is 0. The third-order valence-electron chi connectivity index (χ3n) is 3.27. The summed E-state index contributed by atoms with van der Waals surface area (Å²) in [5.41, 5.74) is 5.40. The lowest BCUT2D eigenvalue weighted by Gasteiger charge is -2.29. The molecule has 126 valence electrons. The van der Waals surface area contributed by atoms with Gasteiger partial charge in [-0.1, -0.05) is 6.42 Å². The van der Waals surface area contributed by atoms with Gasteiger partial charge in [0.25, 0.3) is 0 Å². The summed E-state index contributed by atoms with van der Waals surface area (Å²) < 4.78 is 5.49. The standard InChI is InChI=1S/C13H30N3O4P/c1-16(2,11-12-20-21(18)19)10-6-9-15-13(17)7-4-3-5-8-14/h18-19H,3-12,14H2,1-2H3/p+1. The molecule has 0 rings (SSSR count). The SMILES string of the molecule is C[N+](C)(CCCNC(=O)CCCCCN)CCOP(O)O. The summed E-state index contributed by atoms with van der Waals surface area (Å²) in [4.78, 5) is 28.9. The number of likely N-dealkylation sites (N-methyl/N-ethyl adjacent to an activating group) is 1. The van der Waals surface area contributed by atoms with Crippen LogP contribution in [0.2, 0.25) is 0 Å². The van der Waals surface area contributed by atoms with Crippen molar-refractivity contribution in [3.8, 4) is 0 Å². The molecule has 0 radical (unpaired) electrons. The molecule has 1 amide bonds. The first kappa shape index (κ1) is 20.7. The maximum absolute atomic E-state index is 11.6. The Morgan fingerprint density at radius 1 is 1.19 bits per heavy atom. The number of quaternary nitrogens is 1. The number of nitrogens with zero attached hydrogens (tertiary/aromatic N) is 1. The summed E-state index contributed by atoms with van der Waals surface area (Å²) in [5, 5.41) is 2.92. The average molecular weight is 324 g/mol. The van der Waals surface area contributed by atoms with Gasteiger partial charge in [0.1, 0.15) is 13.2 Å². The second kappa shape index (κ2) is 12.3. The molecule has 0 saturated carbocycles. The van der Waals surface area contributed by atoms with Crippen LogP contribution >= 0.6 is 8.60 Å². The van der Waals surface area contributed by atoms with Gasteiger partial charge in [-0.05, 0) is 19.4 Å². The first-order valence-electron chi connectivity index (χ1n) is 7.47. The van der Waals surface area contributed by atoms with Crippen LogP contribution in [0.3, 0.4) is 0 Å². The van der Waals surface area contributed by atoms with Crippen LogP contribution in [0.5, 0.6) is 0 Å². The van der Waals surface area contributed by atoms with Gasteiger partial charge in [0.15, 0.2) is 0 Å². The number of rotatable bonds is 13. The lowest BCUT2D eigenvalue weighted by molar-refractivity contribution is -0.890. The Labute approximate surface area is 129 Å². The second-order valence-corrected chi connectivity index (χ2v) is 6.54. The van der Waals surface area contributed by atoms with Crippen molar-refractivity contribution < 1.29 is 23.6 Å². The molecule has 0 aromatic carbocycles. The van der Waals surface area contributed by atoms with E-state index in [2.05, 4.69) is 19.4 Å². The summed E-state index contributed by atoms with van der Waals surface area (Å²) in [6.45, 7) is 3.27. The van der Waals surface area contributed by atoms with Crippen LogP contribution in [-0.4, -0.2) is 67.1 Å². The fourth-order valence-corrected chi connectivity index (χ4v) is 2.16. The third-order valence-corrected chi connectivity index (χ3v) is 3.69. The minimum atomic E-state index is -2.26. The molecule has 21 heavy (non-hydrogen) atoms. The normalized spacial score (nSPS) is 11.9. The van der Waals surface area contributed by atoms with Gasteiger partial charge in [0.05, 0.1) is 20.6 Å². The highest BCUT2D eigenvalue weighted by Gasteiger charge is 2.15.